The molecule has 0 unspecified atom stereocenters. The maximum Gasteiger partial charge on any atom is 0.264 e. The fourth-order valence-corrected chi connectivity index (χ4v) is 6.74. The topological polar surface area (TPSA) is 74.8 Å². The number of benzene rings is 3. The normalized spacial score (nSPS) is 16.1. The van der Waals surface area contributed by atoms with Gasteiger partial charge in [0.1, 0.15) is 0 Å². The quantitative estimate of drug-likeness (QED) is 0.562. The maximum absolute atomic E-state index is 13.5. The molecule has 6 nitrogen and oxygen atoms in total. The monoisotopic (exact) mass is 456 g/mol. The van der Waals surface area contributed by atoms with Crippen LogP contribution in [-0.2, 0) is 26.6 Å². The highest BCUT2D eigenvalue weighted by Crippen LogP contribution is 2.29. The Balaban J connectivity index is 1.68. The van der Waals surface area contributed by atoms with E-state index in [0.717, 1.165) is 12.0 Å². The highest BCUT2D eigenvalue weighted by molar-refractivity contribution is 7.93. The third-order valence-corrected chi connectivity index (χ3v) is 8.93. The molecule has 8 heteroatoms. The largest absolute Gasteiger partial charge is 0.270 e. The summed E-state index contributed by atoms with van der Waals surface area (Å²) in [5.74, 6) is 0.117. The van der Waals surface area contributed by atoms with Gasteiger partial charge in [0.2, 0.25) is 10.0 Å². The van der Waals surface area contributed by atoms with Crippen LogP contribution in [0.3, 0.4) is 0 Å². The van der Waals surface area contributed by atoms with E-state index in [-0.39, 0.29) is 17.2 Å². The number of sulfonamides is 2. The molecule has 1 aliphatic heterocycles. The van der Waals surface area contributed by atoms with Gasteiger partial charge in [0.05, 0.1) is 28.6 Å². The number of rotatable bonds is 6. The average Bonchev–Trinajstić information content (AvgIpc) is 2.78. The SMILES string of the molecule is O=S1(=O)CCCCN1c1ccc(S(=O)(=O)N(Cc2ccccc2)c2ccccc2)cc1. The summed E-state index contributed by atoms with van der Waals surface area (Å²) in [6, 6.07) is 24.5. The van der Waals surface area contributed by atoms with Crippen LogP contribution in [0.5, 0.6) is 0 Å². The van der Waals surface area contributed by atoms with Gasteiger partial charge in [-0.1, -0.05) is 48.5 Å². The third-order valence-electron chi connectivity index (χ3n) is 5.28. The molecule has 1 saturated heterocycles. The smallest absolute Gasteiger partial charge is 0.264 e. The number of hydrogen-bond donors (Lipinski definition) is 0. The van der Waals surface area contributed by atoms with Crippen molar-refractivity contribution in [1.29, 1.82) is 0 Å². The van der Waals surface area contributed by atoms with Gasteiger partial charge < -0.3 is 0 Å². The second-order valence-corrected chi connectivity index (χ2v) is 11.3. The summed E-state index contributed by atoms with van der Waals surface area (Å²) in [7, 11) is -7.21. The molecule has 3 aromatic carbocycles. The van der Waals surface area contributed by atoms with Gasteiger partial charge in [-0.3, -0.25) is 8.61 Å². The summed E-state index contributed by atoms with van der Waals surface area (Å²) in [5, 5.41) is 0. The minimum Gasteiger partial charge on any atom is -0.270 e. The van der Waals surface area contributed by atoms with Gasteiger partial charge in [-0.2, -0.15) is 0 Å². The summed E-state index contributed by atoms with van der Waals surface area (Å²) < 4.78 is 54.5. The first-order chi connectivity index (χ1) is 14.9. The van der Waals surface area contributed by atoms with E-state index in [0.29, 0.717) is 24.3 Å². The van der Waals surface area contributed by atoms with Crippen molar-refractivity contribution in [3.05, 3.63) is 90.5 Å². The molecule has 1 aliphatic rings. The Bertz CT molecular complexity index is 1230. The first-order valence-corrected chi connectivity index (χ1v) is 13.1. The molecule has 0 aromatic heterocycles. The van der Waals surface area contributed by atoms with Crippen molar-refractivity contribution in [3.8, 4) is 0 Å². The molecule has 3 aromatic rings. The van der Waals surface area contributed by atoms with Crippen LogP contribution in [0.25, 0.3) is 0 Å². The van der Waals surface area contributed by atoms with E-state index in [1.165, 1.54) is 20.7 Å². The van der Waals surface area contributed by atoms with E-state index in [9.17, 15) is 16.8 Å². The summed E-state index contributed by atoms with van der Waals surface area (Å²) in [5.41, 5.74) is 1.92. The lowest BCUT2D eigenvalue weighted by atomic mass is 10.2. The van der Waals surface area contributed by atoms with Gasteiger partial charge in [0.15, 0.2) is 0 Å². The van der Waals surface area contributed by atoms with Crippen LogP contribution >= 0.6 is 0 Å². The third kappa shape index (κ3) is 4.60. The van der Waals surface area contributed by atoms with Gasteiger partial charge in [-0.25, -0.2) is 16.8 Å². The molecule has 31 heavy (non-hydrogen) atoms. The van der Waals surface area contributed by atoms with Gasteiger partial charge in [0, 0.05) is 6.54 Å². The molecule has 0 aliphatic carbocycles. The molecule has 4 rings (SSSR count). The van der Waals surface area contributed by atoms with Crippen LogP contribution < -0.4 is 8.61 Å². The predicted molar refractivity (Wildman–Crippen MR) is 123 cm³/mol. The Morgan fingerprint density at radius 2 is 1.42 bits per heavy atom. The molecule has 0 N–H and O–H groups in total. The highest BCUT2D eigenvalue weighted by atomic mass is 32.2. The molecule has 0 amide bonds. The lowest BCUT2D eigenvalue weighted by molar-refractivity contribution is 0.574. The second-order valence-electron chi connectivity index (χ2n) is 7.42. The van der Waals surface area contributed by atoms with E-state index >= 15 is 0 Å². The second kappa shape index (κ2) is 8.72. The number of nitrogens with zero attached hydrogens (tertiary/aromatic N) is 2. The fourth-order valence-electron chi connectivity index (χ4n) is 3.65. The van der Waals surface area contributed by atoms with Crippen LogP contribution in [0.4, 0.5) is 11.4 Å². The van der Waals surface area contributed by atoms with Gasteiger partial charge in [-0.05, 0) is 54.8 Å². The first kappa shape index (κ1) is 21.4. The molecule has 162 valence electrons. The van der Waals surface area contributed by atoms with Crippen LogP contribution in [0, 0.1) is 0 Å². The number of hydrogen-bond acceptors (Lipinski definition) is 4. The predicted octanol–water partition coefficient (Wildman–Crippen LogP) is 4.01. The summed E-state index contributed by atoms with van der Waals surface area (Å²) in [6.45, 7) is 0.605. The summed E-state index contributed by atoms with van der Waals surface area (Å²) >= 11 is 0. The minimum absolute atomic E-state index is 0.116. The molecule has 0 spiro atoms. The number of para-hydroxylation sites is 1. The molecular weight excluding hydrogens is 432 g/mol. The molecule has 0 radical (unpaired) electrons. The van der Waals surface area contributed by atoms with Crippen LogP contribution in [0.2, 0.25) is 0 Å². The molecule has 1 fully saturated rings. The molecule has 0 atom stereocenters. The lowest BCUT2D eigenvalue weighted by Crippen LogP contribution is -2.37. The van der Waals surface area contributed by atoms with Crippen molar-refractivity contribution in [3.63, 3.8) is 0 Å². The van der Waals surface area contributed by atoms with Crippen molar-refractivity contribution >= 4 is 31.4 Å². The van der Waals surface area contributed by atoms with Gasteiger partial charge in [-0.15, -0.1) is 0 Å². The standard InChI is InChI=1S/C23H24N2O4S2/c26-30(27)18-8-7-17-24(30)22-13-15-23(16-14-22)31(28,29)25(21-11-5-2-6-12-21)19-20-9-3-1-4-10-20/h1-6,9-16H,7-8,17-19H2. The van der Waals surface area contributed by atoms with Crippen molar-refractivity contribution in [2.24, 2.45) is 0 Å². The van der Waals surface area contributed by atoms with Crippen molar-refractivity contribution < 1.29 is 16.8 Å². The first-order valence-electron chi connectivity index (χ1n) is 10.1. The molecule has 0 saturated carbocycles. The molecule has 1 heterocycles. The average molecular weight is 457 g/mol. The van der Waals surface area contributed by atoms with E-state index in [1.807, 2.05) is 36.4 Å². The number of anilines is 2. The lowest BCUT2D eigenvalue weighted by Gasteiger charge is -2.29. The Morgan fingerprint density at radius 3 is 2.03 bits per heavy atom. The minimum atomic E-state index is -3.86. The summed E-state index contributed by atoms with van der Waals surface area (Å²) in [4.78, 5) is 0.116. The van der Waals surface area contributed by atoms with E-state index < -0.39 is 20.0 Å². The van der Waals surface area contributed by atoms with Crippen molar-refractivity contribution in [2.45, 2.75) is 24.3 Å². The van der Waals surface area contributed by atoms with Crippen LogP contribution in [0.1, 0.15) is 18.4 Å². The van der Waals surface area contributed by atoms with Crippen molar-refractivity contribution in [1.82, 2.24) is 0 Å². The highest BCUT2D eigenvalue weighted by Gasteiger charge is 2.28. The van der Waals surface area contributed by atoms with Crippen LogP contribution in [0.15, 0.2) is 89.8 Å². The van der Waals surface area contributed by atoms with Crippen LogP contribution in [-0.4, -0.2) is 29.1 Å². The van der Waals surface area contributed by atoms with Gasteiger partial charge >= 0.3 is 0 Å². The molecular formula is C23H24N2O4S2. The van der Waals surface area contributed by atoms with E-state index in [4.69, 9.17) is 0 Å². The van der Waals surface area contributed by atoms with Crippen molar-refractivity contribution in [2.75, 3.05) is 20.9 Å². The Kier molecular flexibility index (Phi) is 6.02. The Hall–Kier alpha value is -2.84. The maximum atomic E-state index is 13.5. The zero-order valence-corrected chi connectivity index (χ0v) is 18.6. The van der Waals surface area contributed by atoms with E-state index in [2.05, 4.69) is 0 Å². The zero-order valence-electron chi connectivity index (χ0n) is 17.0. The Morgan fingerprint density at radius 1 is 0.806 bits per heavy atom. The summed E-state index contributed by atoms with van der Waals surface area (Å²) in [6.07, 6.45) is 1.44. The van der Waals surface area contributed by atoms with Gasteiger partial charge in [0.25, 0.3) is 10.0 Å². The zero-order chi connectivity index (χ0) is 21.9. The molecule has 0 bridgehead atoms. The Labute approximate surface area is 183 Å². The fraction of sp³-hybridized carbons (Fsp3) is 0.217. The van der Waals surface area contributed by atoms with E-state index in [1.54, 1.807) is 36.4 Å².